The molecule has 1 aromatic carbocycles. The van der Waals surface area contributed by atoms with Crippen LogP contribution < -0.4 is 4.74 Å². The molecule has 1 saturated carbocycles. The molecule has 162 valence electrons. The fraction of sp³-hybridized carbons (Fsp3) is 0.400. The molecule has 2 N–H and O–H groups in total. The molecule has 1 aliphatic rings. The fourth-order valence-corrected chi connectivity index (χ4v) is 5.58. The molecule has 0 radical (unpaired) electrons. The molecular weight excluding hydrogens is 414 g/mol. The van der Waals surface area contributed by atoms with Crippen LogP contribution in [0.3, 0.4) is 0 Å². The molecule has 0 bridgehead atoms. The van der Waals surface area contributed by atoms with E-state index in [1.54, 1.807) is 0 Å². The number of methoxy groups -OCH3 is 1. The van der Waals surface area contributed by atoms with Crippen molar-refractivity contribution in [1.82, 2.24) is 4.57 Å². The summed E-state index contributed by atoms with van der Waals surface area (Å²) < 4.78 is 36.6. The van der Waals surface area contributed by atoms with Gasteiger partial charge in [-0.3, -0.25) is 9.36 Å². The summed E-state index contributed by atoms with van der Waals surface area (Å²) in [6.07, 6.45) is 3.54. The number of hydrogen-bond acceptors (Lipinski definition) is 8. The van der Waals surface area contributed by atoms with Gasteiger partial charge >= 0.3 is 11.9 Å². The van der Waals surface area contributed by atoms with Gasteiger partial charge in [-0.15, -0.1) is 0 Å². The molecule has 30 heavy (non-hydrogen) atoms. The molecular formula is C20H23NO8S. The lowest BCUT2D eigenvalue weighted by Crippen LogP contribution is -2.23. The van der Waals surface area contributed by atoms with Crippen LogP contribution in [-0.4, -0.2) is 47.5 Å². The number of ether oxygens (including phenoxy) is 2. The second kappa shape index (κ2) is 8.39. The van der Waals surface area contributed by atoms with Crippen molar-refractivity contribution in [1.29, 1.82) is 0 Å². The monoisotopic (exact) mass is 437 g/mol. The predicted octanol–water partition coefficient (Wildman–Crippen LogP) is 2.71. The largest absolute Gasteiger partial charge is 0.494 e. The lowest BCUT2D eigenvalue weighted by molar-refractivity contribution is -0.131. The standard InChI is InChI=1S/C20H23NO8S/c1-12(22)29-16-10-13(8-9-15(16)20(25)28-2)21-18(23)11-17(19(21)24)30(26,27)14-6-4-3-5-7-14/h8-11,14,23-24H,3-7H2,1-2H3. The number of carbonyl (C=O) groups excluding carboxylic acids is 2. The molecule has 0 unspecified atom stereocenters. The van der Waals surface area contributed by atoms with Gasteiger partial charge in [-0.25, -0.2) is 13.2 Å². The highest BCUT2D eigenvalue weighted by molar-refractivity contribution is 7.92. The van der Waals surface area contributed by atoms with E-state index in [-0.39, 0.29) is 21.9 Å². The molecule has 0 atom stereocenters. The summed E-state index contributed by atoms with van der Waals surface area (Å²) in [4.78, 5) is 23.0. The maximum absolute atomic E-state index is 13.0. The molecule has 1 aromatic heterocycles. The SMILES string of the molecule is COC(=O)c1ccc(-n2c(O)cc(S(=O)(=O)C3CCCCC3)c2O)cc1OC(C)=O. The van der Waals surface area contributed by atoms with Crippen molar-refractivity contribution in [2.24, 2.45) is 0 Å². The van der Waals surface area contributed by atoms with E-state index in [0.717, 1.165) is 36.8 Å². The molecule has 1 heterocycles. The van der Waals surface area contributed by atoms with E-state index >= 15 is 0 Å². The Labute approximate surface area is 173 Å². The number of rotatable bonds is 5. The number of benzene rings is 1. The van der Waals surface area contributed by atoms with Gasteiger partial charge in [0.25, 0.3) is 0 Å². The zero-order chi connectivity index (χ0) is 22.1. The maximum Gasteiger partial charge on any atom is 0.341 e. The van der Waals surface area contributed by atoms with Crippen LogP contribution in [0.1, 0.15) is 49.4 Å². The Hall–Kier alpha value is -3.01. The smallest absolute Gasteiger partial charge is 0.341 e. The van der Waals surface area contributed by atoms with Crippen molar-refractivity contribution in [3.05, 3.63) is 29.8 Å². The fourth-order valence-electron chi connectivity index (χ4n) is 3.65. The Kier molecular flexibility index (Phi) is 6.06. The van der Waals surface area contributed by atoms with Crippen LogP contribution in [0.4, 0.5) is 0 Å². The van der Waals surface area contributed by atoms with Crippen LogP contribution in [0, 0.1) is 0 Å². The summed E-state index contributed by atoms with van der Waals surface area (Å²) in [5.74, 6) is -2.77. The molecule has 3 rings (SSSR count). The predicted molar refractivity (Wildman–Crippen MR) is 106 cm³/mol. The summed E-state index contributed by atoms with van der Waals surface area (Å²) in [7, 11) is -2.68. The van der Waals surface area contributed by atoms with E-state index < -0.39 is 38.8 Å². The van der Waals surface area contributed by atoms with E-state index in [1.165, 1.54) is 25.3 Å². The maximum atomic E-state index is 13.0. The topological polar surface area (TPSA) is 132 Å². The van der Waals surface area contributed by atoms with Crippen LogP contribution in [0.25, 0.3) is 5.69 Å². The minimum Gasteiger partial charge on any atom is -0.494 e. The number of esters is 2. The van der Waals surface area contributed by atoms with Gasteiger partial charge in [0.2, 0.25) is 5.88 Å². The Bertz CT molecular complexity index is 1080. The minimum absolute atomic E-state index is 0.0439. The van der Waals surface area contributed by atoms with Gasteiger partial charge in [0.05, 0.1) is 18.0 Å². The summed E-state index contributed by atoms with van der Waals surface area (Å²) in [5.41, 5.74) is 0.0524. The molecule has 1 fully saturated rings. The molecule has 9 nitrogen and oxygen atoms in total. The number of aromatic hydroxyl groups is 2. The van der Waals surface area contributed by atoms with Gasteiger partial charge in [-0.2, -0.15) is 0 Å². The molecule has 0 aliphatic heterocycles. The minimum atomic E-state index is -3.85. The summed E-state index contributed by atoms with van der Waals surface area (Å²) in [6.45, 7) is 1.15. The van der Waals surface area contributed by atoms with Crippen LogP contribution in [-0.2, 0) is 19.4 Å². The average molecular weight is 437 g/mol. The third-order valence-corrected chi connectivity index (χ3v) is 7.36. The zero-order valence-corrected chi connectivity index (χ0v) is 17.4. The van der Waals surface area contributed by atoms with Gasteiger partial charge in [-0.05, 0) is 25.0 Å². The first-order chi connectivity index (χ1) is 14.2. The van der Waals surface area contributed by atoms with Crippen LogP contribution in [0.5, 0.6) is 17.5 Å². The van der Waals surface area contributed by atoms with Crippen molar-refractivity contribution >= 4 is 21.8 Å². The lowest BCUT2D eigenvalue weighted by atomic mass is 10.0. The number of carbonyl (C=O) groups is 2. The molecule has 10 heteroatoms. The first kappa shape index (κ1) is 21.7. The first-order valence-corrected chi connectivity index (χ1v) is 11.0. The van der Waals surface area contributed by atoms with Gasteiger partial charge in [0.1, 0.15) is 16.2 Å². The highest BCUT2D eigenvalue weighted by Crippen LogP contribution is 2.39. The molecule has 0 spiro atoms. The lowest BCUT2D eigenvalue weighted by Gasteiger charge is -2.21. The molecule has 0 saturated heterocycles. The van der Waals surface area contributed by atoms with Crippen LogP contribution in [0.15, 0.2) is 29.2 Å². The Balaban J connectivity index is 2.08. The highest BCUT2D eigenvalue weighted by atomic mass is 32.2. The number of aromatic nitrogens is 1. The second-order valence-corrected chi connectivity index (χ2v) is 9.29. The number of hydrogen-bond donors (Lipinski definition) is 2. The summed E-state index contributed by atoms with van der Waals surface area (Å²) >= 11 is 0. The van der Waals surface area contributed by atoms with Gasteiger partial charge in [0.15, 0.2) is 15.7 Å². The first-order valence-electron chi connectivity index (χ1n) is 9.45. The van der Waals surface area contributed by atoms with Gasteiger partial charge in [0, 0.05) is 19.1 Å². The van der Waals surface area contributed by atoms with Crippen molar-refractivity contribution < 1.29 is 37.7 Å². The molecule has 0 amide bonds. The Morgan fingerprint density at radius 3 is 2.37 bits per heavy atom. The Morgan fingerprint density at radius 2 is 1.77 bits per heavy atom. The normalized spacial score (nSPS) is 15.0. The quantitative estimate of drug-likeness (QED) is 0.539. The molecule has 2 aromatic rings. The van der Waals surface area contributed by atoms with Gasteiger partial charge in [-0.1, -0.05) is 19.3 Å². The number of nitrogens with zero attached hydrogens (tertiary/aromatic N) is 1. The second-order valence-electron chi connectivity index (χ2n) is 7.10. The molecule has 1 aliphatic carbocycles. The van der Waals surface area contributed by atoms with E-state index in [2.05, 4.69) is 4.74 Å². The van der Waals surface area contributed by atoms with E-state index in [1.807, 2.05) is 0 Å². The van der Waals surface area contributed by atoms with Crippen molar-refractivity contribution in [2.45, 2.75) is 49.2 Å². The zero-order valence-electron chi connectivity index (χ0n) is 16.6. The van der Waals surface area contributed by atoms with E-state index in [4.69, 9.17) is 4.74 Å². The third kappa shape index (κ3) is 4.00. The van der Waals surface area contributed by atoms with Crippen LogP contribution >= 0.6 is 0 Å². The summed E-state index contributed by atoms with van der Waals surface area (Å²) in [5, 5.41) is 20.4. The van der Waals surface area contributed by atoms with Crippen LogP contribution in [0.2, 0.25) is 0 Å². The Morgan fingerprint density at radius 1 is 1.10 bits per heavy atom. The van der Waals surface area contributed by atoms with Gasteiger partial charge < -0.3 is 19.7 Å². The highest BCUT2D eigenvalue weighted by Gasteiger charge is 2.34. The van der Waals surface area contributed by atoms with Crippen molar-refractivity contribution in [2.75, 3.05) is 7.11 Å². The van der Waals surface area contributed by atoms with Crippen molar-refractivity contribution in [3.63, 3.8) is 0 Å². The van der Waals surface area contributed by atoms with Crippen molar-refractivity contribution in [3.8, 4) is 23.2 Å². The van der Waals surface area contributed by atoms with E-state index in [0.29, 0.717) is 12.8 Å². The number of sulfone groups is 1. The third-order valence-electron chi connectivity index (χ3n) is 5.10. The summed E-state index contributed by atoms with van der Waals surface area (Å²) in [6, 6.07) is 4.87. The average Bonchev–Trinajstić information content (AvgIpc) is 3.02. The van der Waals surface area contributed by atoms with E-state index in [9.17, 15) is 28.2 Å².